The van der Waals surface area contributed by atoms with Crippen LogP contribution in [-0.4, -0.2) is 44.0 Å². The molecule has 2 aromatic heterocycles. The van der Waals surface area contributed by atoms with Gasteiger partial charge >= 0.3 is 5.97 Å². The first-order valence-electron chi connectivity index (χ1n) is 7.60. The molecule has 2 N–H and O–H groups in total. The lowest BCUT2D eigenvalue weighted by molar-refractivity contribution is -0.139. The molecule has 1 aliphatic heterocycles. The van der Waals surface area contributed by atoms with Crippen molar-refractivity contribution in [1.29, 1.82) is 0 Å². The van der Waals surface area contributed by atoms with Crippen molar-refractivity contribution in [3.8, 4) is 0 Å². The first-order chi connectivity index (χ1) is 11.1. The van der Waals surface area contributed by atoms with E-state index >= 15 is 0 Å². The Kier molecular flexibility index (Phi) is 4.82. The van der Waals surface area contributed by atoms with Gasteiger partial charge in [0.25, 0.3) is 0 Å². The molecular weight excluding hydrogens is 314 g/mol. The van der Waals surface area contributed by atoms with Gasteiger partial charge in [0.15, 0.2) is 5.13 Å². The molecule has 1 fully saturated rings. The highest BCUT2D eigenvalue weighted by atomic mass is 32.1. The van der Waals surface area contributed by atoms with Crippen LogP contribution in [-0.2, 0) is 4.79 Å². The Hall–Kier alpha value is -2.06. The van der Waals surface area contributed by atoms with Gasteiger partial charge in [-0.3, -0.25) is 9.69 Å². The smallest absolute Gasteiger partial charge is 0.317 e. The lowest BCUT2D eigenvalue weighted by Crippen LogP contribution is -2.37. The van der Waals surface area contributed by atoms with Crippen LogP contribution in [0, 0.1) is 6.92 Å². The quantitative estimate of drug-likeness (QED) is 0.869. The predicted molar refractivity (Wildman–Crippen MR) is 88.0 cm³/mol. The second-order valence-corrected chi connectivity index (χ2v) is 6.46. The summed E-state index contributed by atoms with van der Waals surface area (Å²) in [5.41, 5.74) is 0.873. The van der Waals surface area contributed by atoms with Crippen molar-refractivity contribution < 1.29 is 9.90 Å². The number of thiazole rings is 1. The van der Waals surface area contributed by atoms with Crippen molar-refractivity contribution in [2.45, 2.75) is 32.2 Å². The number of aryl methyl sites for hydroxylation is 1. The van der Waals surface area contributed by atoms with Crippen molar-refractivity contribution in [2.75, 3.05) is 18.4 Å². The number of piperidine rings is 1. The summed E-state index contributed by atoms with van der Waals surface area (Å²) in [4.78, 5) is 26.2. The SMILES string of the molecule is Cc1nc(Nc2nccs2)cc(C2CCCCN2CC(=O)O)n1. The van der Waals surface area contributed by atoms with Gasteiger partial charge < -0.3 is 10.4 Å². The molecule has 1 unspecified atom stereocenters. The Morgan fingerprint density at radius 2 is 2.35 bits per heavy atom. The van der Waals surface area contributed by atoms with Crippen LogP contribution < -0.4 is 5.32 Å². The molecule has 0 radical (unpaired) electrons. The molecule has 1 saturated heterocycles. The number of aliphatic carboxylic acids is 1. The van der Waals surface area contributed by atoms with E-state index in [2.05, 4.69) is 20.3 Å². The topological polar surface area (TPSA) is 91.2 Å². The average molecular weight is 333 g/mol. The number of hydrogen-bond donors (Lipinski definition) is 2. The van der Waals surface area contributed by atoms with E-state index in [4.69, 9.17) is 5.11 Å². The maximum Gasteiger partial charge on any atom is 0.317 e. The molecule has 0 amide bonds. The summed E-state index contributed by atoms with van der Waals surface area (Å²) in [6, 6.07) is 1.93. The van der Waals surface area contributed by atoms with E-state index < -0.39 is 5.97 Å². The summed E-state index contributed by atoms with van der Waals surface area (Å²) in [6.07, 6.45) is 4.76. The van der Waals surface area contributed by atoms with Crippen LogP contribution in [0.3, 0.4) is 0 Å². The lowest BCUT2D eigenvalue weighted by atomic mass is 9.99. The largest absolute Gasteiger partial charge is 0.480 e. The van der Waals surface area contributed by atoms with Crippen molar-refractivity contribution in [2.24, 2.45) is 0 Å². The number of anilines is 2. The number of likely N-dealkylation sites (tertiary alicyclic amines) is 1. The number of carboxylic acid groups (broad SMARTS) is 1. The zero-order valence-corrected chi connectivity index (χ0v) is 13.7. The van der Waals surface area contributed by atoms with Gasteiger partial charge in [0.1, 0.15) is 11.6 Å². The van der Waals surface area contributed by atoms with Gasteiger partial charge in [0.2, 0.25) is 0 Å². The van der Waals surface area contributed by atoms with Crippen LogP contribution in [0.15, 0.2) is 17.6 Å². The molecule has 7 nitrogen and oxygen atoms in total. The maximum absolute atomic E-state index is 11.1. The normalized spacial score (nSPS) is 18.7. The third-order valence-electron chi connectivity index (χ3n) is 3.82. The molecular formula is C15H19N5O2S. The van der Waals surface area contributed by atoms with E-state index in [1.165, 1.54) is 11.3 Å². The molecule has 2 aromatic rings. The van der Waals surface area contributed by atoms with Crippen LogP contribution in [0.25, 0.3) is 0 Å². The number of aromatic nitrogens is 3. The molecule has 23 heavy (non-hydrogen) atoms. The summed E-state index contributed by atoms with van der Waals surface area (Å²) < 4.78 is 0. The third kappa shape index (κ3) is 4.02. The van der Waals surface area contributed by atoms with Crippen molar-refractivity contribution >= 4 is 28.3 Å². The molecule has 0 saturated carbocycles. The number of hydrogen-bond acceptors (Lipinski definition) is 7. The number of nitrogens with zero attached hydrogens (tertiary/aromatic N) is 4. The monoisotopic (exact) mass is 333 g/mol. The predicted octanol–water partition coefficient (Wildman–Crippen LogP) is 2.60. The molecule has 122 valence electrons. The van der Waals surface area contributed by atoms with Gasteiger partial charge in [-0.25, -0.2) is 15.0 Å². The van der Waals surface area contributed by atoms with E-state index in [9.17, 15) is 4.79 Å². The van der Waals surface area contributed by atoms with Crippen molar-refractivity contribution in [1.82, 2.24) is 19.9 Å². The van der Waals surface area contributed by atoms with Gasteiger partial charge in [0, 0.05) is 17.6 Å². The second-order valence-electron chi connectivity index (χ2n) is 5.56. The standard InChI is InChI=1S/C15H19N5O2S/c1-10-17-11(8-13(18-10)19-15-16-5-7-23-15)12-4-2-3-6-20(12)9-14(21)22/h5,7-8,12H,2-4,6,9H2,1H3,(H,21,22)(H,16,17,18,19). The highest BCUT2D eigenvalue weighted by Crippen LogP contribution is 2.31. The molecule has 1 aliphatic rings. The van der Waals surface area contributed by atoms with Gasteiger partial charge in [-0.2, -0.15) is 0 Å². The highest BCUT2D eigenvalue weighted by Gasteiger charge is 2.27. The Bertz CT molecular complexity index is 677. The second kappa shape index (κ2) is 7.01. The van der Waals surface area contributed by atoms with E-state index in [1.54, 1.807) is 6.20 Å². The summed E-state index contributed by atoms with van der Waals surface area (Å²) in [6.45, 7) is 2.68. The zero-order valence-electron chi connectivity index (χ0n) is 12.9. The Balaban J connectivity index is 1.85. The number of carboxylic acids is 1. The number of nitrogens with one attached hydrogen (secondary N) is 1. The molecule has 0 spiro atoms. The molecule has 3 rings (SSSR count). The maximum atomic E-state index is 11.1. The van der Waals surface area contributed by atoms with E-state index in [1.807, 2.05) is 23.3 Å². The minimum absolute atomic E-state index is 0.0263. The Labute approximate surface area is 138 Å². The van der Waals surface area contributed by atoms with Gasteiger partial charge in [-0.15, -0.1) is 11.3 Å². The van der Waals surface area contributed by atoms with E-state index in [0.717, 1.165) is 36.6 Å². The summed E-state index contributed by atoms with van der Waals surface area (Å²) in [5, 5.41) is 15.0. The van der Waals surface area contributed by atoms with E-state index in [-0.39, 0.29) is 12.6 Å². The minimum Gasteiger partial charge on any atom is -0.480 e. The van der Waals surface area contributed by atoms with E-state index in [0.29, 0.717) is 11.6 Å². The zero-order chi connectivity index (χ0) is 16.2. The summed E-state index contributed by atoms with van der Waals surface area (Å²) in [7, 11) is 0. The minimum atomic E-state index is -0.802. The van der Waals surface area contributed by atoms with Crippen LogP contribution in [0.5, 0.6) is 0 Å². The van der Waals surface area contributed by atoms with Crippen LogP contribution in [0.2, 0.25) is 0 Å². The fraction of sp³-hybridized carbons (Fsp3) is 0.467. The Morgan fingerprint density at radius 1 is 1.48 bits per heavy atom. The molecule has 1 atom stereocenters. The average Bonchev–Trinajstić information content (AvgIpc) is 2.99. The number of carbonyl (C=O) groups is 1. The van der Waals surface area contributed by atoms with Crippen molar-refractivity contribution in [3.63, 3.8) is 0 Å². The lowest BCUT2D eigenvalue weighted by Gasteiger charge is -2.34. The van der Waals surface area contributed by atoms with Crippen LogP contribution in [0.4, 0.5) is 10.9 Å². The Morgan fingerprint density at radius 3 is 3.09 bits per heavy atom. The van der Waals surface area contributed by atoms with Crippen molar-refractivity contribution in [3.05, 3.63) is 29.2 Å². The third-order valence-corrected chi connectivity index (χ3v) is 4.51. The van der Waals surface area contributed by atoms with Gasteiger partial charge in [0.05, 0.1) is 18.3 Å². The number of rotatable bonds is 5. The fourth-order valence-corrected chi connectivity index (χ4v) is 3.44. The molecule has 0 aromatic carbocycles. The van der Waals surface area contributed by atoms with Crippen LogP contribution in [0.1, 0.15) is 36.8 Å². The highest BCUT2D eigenvalue weighted by molar-refractivity contribution is 7.13. The molecule has 0 bridgehead atoms. The first-order valence-corrected chi connectivity index (χ1v) is 8.48. The van der Waals surface area contributed by atoms with Crippen LogP contribution >= 0.6 is 11.3 Å². The summed E-state index contributed by atoms with van der Waals surface area (Å²) in [5.74, 6) is 0.564. The van der Waals surface area contributed by atoms with Gasteiger partial charge in [-0.05, 0) is 26.3 Å². The summed E-state index contributed by atoms with van der Waals surface area (Å²) >= 11 is 1.50. The molecule has 0 aliphatic carbocycles. The fourth-order valence-electron chi connectivity index (χ4n) is 2.91. The first kappa shape index (κ1) is 15.8. The molecule has 3 heterocycles. The molecule has 8 heteroatoms. The van der Waals surface area contributed by atoms with Gasteiger partial charge in [-0.1, -0.05) is 6.42 Å².